The van der Waals surface area contributed by atoms with E-state index < -0.39 is 6.04 Å². The second kappa shape index (κ2) is 5.62. The minimum Gasteiger partial charge on any atom is -0.324 e. The fourth-order valence-electron chi connectivity index (χ4n) is 2.22. The van der Waals surface area contributed by atoms with Crippen molar-refractivity contribution in [2.75, 3.05) is 5.32 Å². The Hall–Kier alpha value is -1.65. The number of nitrogens with one attached hydrogen (secondary N) is 1. The number of benzene rings is 2. The van der Waals surface area contributed by atoms with Crippen LogP contribution in [0.3, 0.4) is 0 Å². The number of amides is 1. The first-order valence-corrected chi connectivity index (χ1v) is 7.66. The van der Waals surface area contributed by atoms with Gasteiger partial charge in [0.2, 0.25) is 5.91 Å². The van der Waals surface area contributed by atoms with Crippen LogP contribution < -0.4 is 5.32 Å². The van der Waals surface area contributed by atoms with Crippen LogP contribution in [-0.4, -0.2) is 17.7 Å². The van der Waals surface area contributed by atoms with E-state index in [1.165, 1.54) is 0 Å². The minimum absolute atomic E-state index is 0.109. The second-order valence-electron chi connectivity index (χ2n) is 4.84. The van der Waals surface area contributed by atoms with Gasteiger partial charge in [0.05, 0.1) is 11.4 Å². The number of hydrogen-bond donors (Lipinski definition) is 1. The Morgan fingerprint density at radius 1 is 1.19 bits per heavy atom. The van der Waals surface area contributed by atoms with Gasteiger partial charge in [-0.25, -0.2) is 0 Å². The zero-order valence-corrected chi connectivity index (χ0v) is 13.6. The van der Waals surface area contributed by atoms with Gasteiger partial charge < -0.3 is 5.32 Å². The molecule has 0 saturated heterocycles. The monoisotopic (exact) mass is 362 g/mol. The number of carbonyl (C=O) groups is 1. The highest BCUT2D eigenvalue weighted by Gasteiger charge is 2.22. The van der Waals surface area contributed by atoms with Gasteiger partial charge in [0.25, 0.3) is 0 Å². The lowest BCUT2D eigenvalue weighted by Gasteiger charge is -2.10. The van der Waals surface area contributed by atoms with Gasteiger partial charge in [0, 0.05) is 20.6 Å². The quantitative estimate of drug-likeness (QED) is 0.807. The summed E-state index contributed by atoms with van der Waals surface area (Å²) in [5.41, 5.74) is 3.38. The van der Waals surface area contributed by atoms with Gasteiger partial charge in [-0.2, -0.15) is 0 Å². The molecule has 2 aromatic rings. The van der Waals surface area contributed by atoms with Gasteiger partial charge in [0.15, 0.2) is 0 Å². The van der Waals surface area contributed by atoms with Gasteiger partial charge >= 0.3 is 0 Å². The number of rotatable bonds is 1. The predicted octanol–water partition coefficient (Wildman–Crippen LogP) is 4.28. The number of hydrogen-bond acceptors (Lipinski definition) is 2. The van der Waals surface area contributed by atoms with E-state index in [2.05, 4.69) is 26.2 Å². The van der Waals surface area contributed by atoms with Crippen molar-refractivity contribution in [2.45, 2.75) is 13.0 Å². The number of carbonyl (C=O) groups excluding carboxylic acids is 1. The van der Waals surface area contributed by atoms with E-state index in [-0.39, 0.29) is 5.91 Å². The molecule has 0 spiro atoms. The van der Waals surface area contributed by atoms with Crippen LogP contribution in [0.1, 0.15) is 18.1 Å². The summed E-state index contributed by atoms with van der Waals surface area (Å²) in [6.07, 6.45) is 0. The highest BCUT2D eigenvalue weighted by molar-refractivity contribution is 9.10. The molecule has 2 aromatic carbocycles. The number of anilines is 1. The van der Waals surface area contributed by atoms with E-state index in [4.69, 9.17) is 11.6 Å². The fraction of sp³-hybridized carbons (Fsp3) is 0.125. The molecule has 0 aliphatic carbocycles. The lowest BCUT2D eigenvalue weighted by molar-refractivity contribution is -0.116. The Kier molecular flexibility index (Phi) is 3.83. The van der Waals surface area contributed by atoms with Crippen molar-refractivity contribution < 1.29 is 4.79 Å². The van der Waals surface area contributed by atoms with E-state index in [0.29, 0.717) is 5.02 Å². The zero-order chi connectivity index (χ0) is 15.0. The summed E-state index contributed by atoms with van der Waals surface area (Å²) >= 11 is 9.42. The molecule has 5 heteroatoms. The average molecular weight is 364 g/mol. The lowest BCUT2D eigenvalue weighted by Crippen LogP contribution is -2.22. The highest BCUT2D eigenvalue weighted by atomic mass is 79.9. The first-order chi connectivity index (χ1) is 10.0. The first kappa shape index (κ1) is 14.3. The van der Waals surface area contributed by atoms with E-state index in [0.717, 1.165) is 27.0 Å². The summed E-state index contributed by atoms with van der Waals surface area (Å²) in [4.78, 5) is 16.6. The molecule has 0 bridgehead atoms. The maximum Gasteiger partial charge on any atom is 0.248 e. The first-order valence-electron chi connectivity index (χ1n) is 6.49. The normalized spacial score (nSPS) is 17.6. The van der Waals surface area contributed by atoms with Gasteiger partial charge in [-0.05, 0) is 37.3 Å². The molecular weight excluding hydrogens is 352 g/mol. The molecule has 1 aliphatic rings. The van der Waals surface area contributed by atoms with Crippen molar-refractivity contribution in [3.05, 3.63) is 63.1 Å². The summed E-state index contributed by atoms with van der Waals surface area (Å²) in [5.74, 6) is -0.109. The fourth-order valence-corrected chi connectivity index (χ4v) is 2.71. The third-order valence-electron chi connectivity index (χ3n) is 3.31. The maximum atomic E-state index is 12.0. The van der Waals surface area contributed by atoms with Crippen molar-refractivity contribution in [2.24, 2.45) is 4.99 Å². The molecule has 1 aliphatic heterocycles. The maximum absolute atomic E-state index is 12.0. The molecule has 0 fully saturated rings. The Morgan fingerprint density at radius 3 is 2.62 bits per heavy atom. The Morgan fingerprint density at radius 2 is 1.90 bits per heavy atom. The van der Waals surface area contributed by atoms with Gasteiger partial charge in [-0.1, -0.05) is 39.7 Å². The van der Waals surface area contributed by atoms with Crippen molar-refractivity contribution >= 4 is 44.8 Å². The molecule has 3 rings (SSSR count). The molecule has 1 atom stereocenters. The predicted molar refractivity (Wildman–Crippen MR) is 89.3 cm³/mol. The summed E-state index contributed by atoms with van der Waals surface area (Å²) in [6, 6.07) is 12.8. The van der Waals surface area contributed by atoms with Crippen molar-refractivity contribution in [1.29, 1.82) is 0 Å². The smallest absolute Gasteiger partial charge is 0.248 e. The molecule has 21 heavy (non-hydrogen) atoms. The standard InChI is InChI=1S/C16H12BrClN2O/c1-9-16(21)20-14-7-4-11(17)8-13(14)15(19-9)10-2-5-12(18)6-3-10/h2-9H,1H3,(H,20,21). The van der Waals surface area contributed by atoms with Crippen LogP contribution >= 0.6 is 27.5 Å². The van der Waals surface area contributed by atoms with Gasteiger partial charge in [-0.15, -0.1) is 0 Å². The molecule has 1 heterocycles. The Bertz CT molecular complexity index is 740. The summed E-state index contributed by atoms with van der Waals surface area (Å²) in [7, 11) is 0. The SMILES string of the molecule is CC1N=C(c2ccc(Cl)cc2)c2cc(Br)ccc2NC1=O. The minimum atomic E-state index is -0.443. The molecule has 0 aromatic heterocycles. The van der Waals surface area contributed by atoms with Crippen LogP contribution in [0, 0.1) is 0 Å². The molecule has 0 saturated carbocycles. The second-order valence-corrected chi connectivity index (χ2v) is 6.19. The van der Waals surface area contributed by atoms with Gasteiger partial charge in [-0.3, -0.25) is 9.79 Å². The summed E-state index contributed by atoms with van der Waals surface area (Å²) in [5, 5.41) is 3.58. The third-order valence-corrected chi connectivity index (χ3v) is 4.06. The van der Waals surface area contributed by atoms with E-state index >= 15 is 0 Å². The number of fused-ring (bicyclic) bond motifs is 1. The zero-order valence-electron chi connectivity index (χ0n) is 11.2. The topological polar surface area (TPSA) is 41.5 Å². The Labute approximate surface area is 136 Å². The number of aliphatic imine (C=N–C) groups is 1. The lowest BCUT2D eigenvalue weighted by atomic mass is 10.0. The van der Waals surface area contributed by atoms with E-state index in [1.54, 1.807) is 6.92 Å². The van der Waals surface area contributed by atoms with E-state index in [1.807, 2.05) is 42.5 Å². The van der Waals surface area contributed by atoms with Crippen LogP contribution in [0.5, 0.6) is 0 Å². The third kappa shape index (κ3) is 2.87. The van der Waals surface area contributed by atoms with Crippen LogP contribution in [0.4, 0.5) is 5.69 Å². The molecule has 3 nitrogen and oxygen atoms in total. The molecule has 0 radical (unpaired) electrons. The van der Waals surface area contributed by atoms with Crippen LogP contribution in [0.15, 0.2) is 51.9 Å². The largest absolute Gasteiger partial charge is 0.324 e. The van der Waals surface area contributed by atoms with Crippen molar-refractivity contribution in [3.63, 3.8) is 0 Å². The van der Waals surface area contributed by atoms with E-state index in [9.17, 15) is 4.79 Å². The summed E-state index contributed by atoms with van der Waals surface area (Å²) in [6.45, 7) is 1.78. The Balaban J connectivity index is 2.21. The molecule has 1 unspecified atom stereocenters. The highest BCUT2D eigenvalue weighted by Crippen LogP contribution is 2.27. The molecule has 1 N–H and O–H groups in total. The average Bonchev–Trinajstić information content (AvgIpc) is 2.58. The van der Waals surface area contributed by atoms with Gasteiger partial charge in [0.1, 0.15) is 6.04 Å². The van der Waals surface area contributed by atoms with Crippen LogP contribution in [0.2, 0.25) is 5.02 Å². The molecule has 106 valence electrons. The van der Waals surface area contributed by atoms with Crippen LogP contribution in [-0.2, 0) is 4.79 Å². The molecule has 1 amide bonds. The number of nitrogens with zero attached hydrogens (tertiary/aromatic N) is 1. The van der Waals surface area contributed by atoms with Crippen molar-refractivity contribution in [3.8, 4) is 0 Å². The summed E-state index contributed by atoms with van der Waals surface area (Å²) < 4.78 is 0.937. The van der Waals surface area contributed by atoms with Crippen LogP contribution in [0.25, 0.3) is 0 Å². The van der Waals surface area contributed by atoms with Crippen molar-refractivity contribution in [1.82, 2.24) is 0 Å². The molecular formula is C16H12BrClN2O. The number of halogens is 2. The number of benzodiazepines with no additional fused rings is 1.